The molecule has 8 heteroatoms. The molecule has 0 spiro atoms. The van der Waals surface area contributed by atoms with Gasteiger partial charge in [-0.2, -0.15) is 0 Å². The second-order valence-electron chi connectivity index (χ2n) is 7.88. The molecule has 3 aromatic heterocycles. The summed E-state index contributed by atoms with van der Waals surface area (Å²) in [6.07, 6.45) is 2.77. The van der Waals surface area contributed by atoms with E-state index < -0.39 is 0 Å². The third-order valence-corrected chi connectivity index (χ3v) is 7.65. The Balaban J connectivity index is 1.50. The Morgan fingerprint density at radius 3 is 2.74 bits per heavy atom. The average Bonchev–Trinajstić information content (AvgIpc) is 3.57. The number of ether oxygens (including phenoxy) is 1. The lowest BCUT2D eigenvalue weighted by Gasteiger charge is -2.10. The van der Waals surface area contributed by atoms with E-state index in [2.05, 4.69) is 45.8 Å². The van der Waals surface area contributed by atoms with Crippen LogP contribution in [0.4, 0.5) is 0 Å². The van der Waals surface area contributed by atoms with Crippen LogP contribution in [0.5, 0.6) is 5.75 Å². The zero-order chi connectivity index (χ0) is 24.1. The number of hydrogen-bond acceptors (Lipinski definition) is 6. The van der Waals surface area contributed by atoms with Gasteiger partial charge in [0.15, 0.2) is 16.8 Å². The molecule has 4 rings (SSSR count). The van der Waals surface area contributed by atoms with Crippen LogP contribution in [0.25, 0.3) is 11.4 Å². The number of allylic oxidation sites excluding steroid dienone is 1. The van der Waals surface area contributed by atoms with Crippen molar-refractivity contribution in [2.24, 2.45) is 0 Å². The molecule has 0 bridgehead atoms. The van der Waals surface area contributed by atoms with Gasteiger partial charge in [0.1, 0.15) is 5.75 Å². The average molecular weight is 493 g/mol. The molecule has 4 aromatic rings. The molecule has 0 aliphatic heterocycles. The third-order valence-electron chi connectivity index (χ3n) is 5.74. The summed E-state index contributed by atoms with van der Waals surface area (Å²) in [7, 11) is 1.64. The summed E-state index contributed by atoms with van der Waals surface area (Å²) in [4.78, 5) is 14.5. The third kappa shape index (κ3) is 5.03. The number of hydrogen-bond donors (Lipinski definition) is 0. The van der Waals surface area contributed by atoms with Crippen LogP contribution in [-0.2, 0) is 19.5 Å². The van der Waals surface area contributed by atoms with Crippen molar-refractivity contribution in [1.29, 1.82) is 0 Å². The van der Waals surface area contributed by atoms with Crippen molar-refractivity contribution in [2.75, 3.05) is 12.9 Å². The Kier molecular flexibility index (Phi) is 7.70. The topological polar surface area (TPSA) is 61.9 Å². The molecule has 6 nitrogen and oxygen atoms in total. The van der Waals surface area contributed by atoms with Crippen LogP contribution in [0.1, 0.15) is 26.6 Å². The molecule has 176 valence electrons. The molecule has 3 heterocycles. The Labute approximate surface area is 208 Å². The van der Waals surface area contributed by atoms with Gasteiger partial charge in [0.05, 0.1) is 18.4 Å². The second-order valence-corrected chi connectivity index (χ2v) is 9.86. The predicted molar refractivity (Wildman–Crippen MR) is 139 cm³/mol. The molecule has 0 aliphatic rings. The SMILES string of the molecule is C=CCn1c(SCC(=O)c2cc(C)n(CCc3cccs3)c2C)nnc1-c1ccccc1OC. The first-order chi connectivity index (χ1) is 16.5. The Hall–Kier alpha value is -3.10. The van der Waals surface area contributed by atoms with Crippen molar-refractivity contribution in [3.63, 3.8) is 0 Å². The zero-order valence-corrected chi connectivity index (χ0v) is 21.3. The van der Waals surface area contributed by atoms with Gasteiger partial charge in [-0.15, -0.1) is 28.1 Å². The number of nitrogens with zero attached hydrogens (tertiary/aromatic N) is 4. The summed E-state index contributed by atoms with van der Waals surface area (Å²) in [5.74, 6) is 1.80. The Morgan fingerprint density at radius 2 is 2.00 bits per heavy atom. The van der Waals surface area contributed by atoms with Crippen molar-refractivity contribution in [2.45, 2.75) is 38.5 Å². The van der Waals surface area contributed by atoms with Gasteiger partial charge in [-0.3, -0.25) is 9.36 Å². The summed E-state index contributed by atoms with van der Waals surface area (Å²) >= 11 is 3.16. The maximum atomic E-state index is 13.2. The molecule has 0 atom stereocenters. The molecule has 0 fully saturated rings. The monoisotopic (exact) mass is 492 g/mol. The summed E-state index contributed by atoms with van der Waals surface area (Å²) < 4.78 is 9.70. The highest BCUT2D eigenvalue weighted by Crippen LogP contribution is 2.31. The lowest BCUT2D eigenvalue weighted by atomic mass is 10.2. The lowest BCUT2D eigenvalue weighted by Crippen LogP contribution is -2.09. The van der Waals surface area contributed by atoms with E-state index in [0.717, 1.165) is 41.2 Å². The number of rotatable bonds is 11. The lowest BCUT2D eigenvalue weighted by molar-refractivity contribution is 0.102. The number of thioether (sulfide) groups is 1. The first kappa shape index (κ1) is 24.0. The molecule has 1 aromatic carbocycles. The number of aromatic nitrogens is 4. The molecule has 34 heavy (non-hydrogen) atoms. The van der Waals surface area contributed by atoms with E-state index in [4.69, 9.17) is 4.74 Å². The number of benzene rings is 1. The van der Waals surface area contributed by atoms with E-state index in [0.29, 0.717) is 17.5 Å². The number of para-hydroxylation sites is 1. The number of aryl methyl sites for hydroxylation is 2. The number of Topliss-reactive ketones (excluding diaryl/α,β-unsaturated/α-hetero) is 1. The molecule has 0 aliphatic carbocycles. The molecule has 0 N–H and O–H groups in total. The van der Waals surface area contributed by atoms with Crippen LogP contribution in [0, 0.1) is 13.8 Å². The van der Waals surface area contributed by atoms with Crippen molar-refractivity contribution in [3.05, 3.63) is 82.3 Å². The van der Waals surface area contributed by atoms with Crippen molar-refractivity contribution >= 4 is 28.9 Å². The number of carbonyl (C=O) groups is 1. The van der Waals surface area contributed by atoms with Gasteiger partial charge in [0.25, 0.3) is 0 Å². The van der Waals surface area contributed by atoms with Crippen LogP contribution >= 0.6 is 23.1 Å². The summed E-state index contributed by atoms with van der Waals surface area (Å²) in [6.45, 7) is 9.36. The first-order valence-corrected chi connectivity index (χ1v) is 12.9. The Morgan fingerprint density at radius 1 is 1.18 bits per heavy atom. The predicted octanol–water partition coefficient (Wildman–Crippen LogP) is 5.84. The van der Waals surface area contributed by atoms with Crippen molar-refractivity contribution in [3.8, 4) is 17.1 Å². The molecule has 0 unspecified atom stereocenters. The summed E-state index contributed by atoms with van der Waals surface area (Å²) in [5, 5.41) is 11.5. The van der Waals surface area contributed by atoms with Gasteiger partial charge >= 0.3 is 0 Å². The smallest absolute Gasteiger partial charge is 0.192 e. The Bertz CT molecular complexity index is 1290. The van der Waals surface area contributed by atoms with Crippen LogP contribution in [0.2, 0.25) is 0 Å². The zero-order valence-electron chi connectivity index (χ0n) is 19.7. The normalized spacial score (nSPS) is 11.0. The molecule has 0 amide bonds. The van der Waals surface area contributed by atoms with Crippen molar-refractivity contribution in [1.82, 2.24) is 19.3 Å². The minimum Gasteiger partial charge on any atom is -0.496 e. The van der Waals surface area contributed by atoms with E-state index in [-0.39, 0.29) is 11.5 Å². The highest BCUT2D eigenvalue weighted by atomic mass is 32.2. The fourth-order valence-electron chi connectivity index (χ4n) is 4.03. The molecule has 0 radical (unpaired) electrons. The van der Waals surface area contributed by atoms with E-state index in [9.17, 15) is 4.79 Å². The van der Waals surface area contributed by atoms with Crippen LogP contribution in [0.3, 0.4) is 0 Å². The number of thiophene rings is 1. The maximum absolute atomic E-state index is 13.2. The van der Waals surface area contributed by atoms with E-state index in [1.807, 2.05) is 41.8 Å². The highest BCUT2D eigenvalue weighted by Gasteiger charge is 2.20. The number of methoxy groups -OCH3 is 1. The van der Waals surface area contributed by atoms with E-state index in [1.165, 1.54) is 16.6 Å². The molecular formula is C26H28N4O2S2. The van der Waals surface area contributed by atoms with E-state index >= 15 is 0 Å². The fourth-order valence-corrected chi connectivity index (χ4v) is 5.56. The van der Waals surface area contributed by atoms with Gasteiger partial charge in [0, 0.05) is 34.9 Å². The van der Waals surface area contributed by atoms with Gasteiger partial charge < -0.3 is 9.30 Å². The fraction of sp³-hybridized carbons (Fsp3) is 0.269. The van der Waals surface area contributed by atoms with E-state index in [1.54, 1.807) is 24.5 Å². The minimum atomic E-state index is 0.0902. The van der Waals surface area contributed by atoms with Gasteiger partial charge in [-0.1, -0.05) is 36.0 Å². The number of ketones is 1. The quantitative estimate of drug-likeness (QED) is 0.150. The number of carbonyl (C=O) groups excluding carboxylic acids is 1. The first-order valence-electron chi connectivity index (χ1n) is 11.1. The standard InChI is InChI=1S/C26H28N4O2S2/c1-5-13-30-25(21-10-6-7-11-24(21)32-4)27-28-26(30)34-17-23(31)22-16-18(2)29(19(22)3)14-12-20-9-8-15-33-20/h5-11,15-16H,1,12-14,17H2,2-4H3. The molecule has 0 saturated carbocycles. The van der Waals surface area contributed by atoms with Crippen LogP contribution in [-0.4, -0.2) is 38.0 Å². The molecular weight excluding hydrogens is 464 g/mol. The van der Waals surface area contributed by atoms with Crippen LogP contribution in [0.15, 0.2) is 65.7 Å². The maximum Gasteiger partial charge on any atom is 0.192 e. The van der Waals surface area contributed by atoms with Gasteiger partial charge in [-0.05, 0) is 49.9 Å². The summed E-state index contributed by atoms with van der Waals surface area (Å²) in [5.41, 5.74) is 3.75. The van der Waals surface area contributed by atoms with Crippen LogP contribution < -0.4 is 4.74 Å². The second kappa shape index (κ2) is 10.9. The van der Waals surface area contributed by atoms with Crippen molar-refractivity contribution < 1.29 is 9.53 Å². The van der Waals surface area contributed by atoms with Gasteiger partial charge in [0.2, 0.25) is 0 Å². The summed E-state index contributed by atoms with van der Waals surface area (Å²) in [6, 6.07) is 13.9. The van der Waals surface area contributed by atoms with Gasteiger partial charge in [-0.25, -0.2) is 0 Å². The largest absolute Gasteiger partial charge is 0.496 e. The molecule has 0 saturated heterocycles. The highest BCUT2D eigenvalue weighted by molar-refractivity contribution is 7.99. The minimum absolute atomic E-state index is 0.0902.